The average molecular weight is 431 g/mol. The van der Waals surface area contributed by atoms with E-state index in [1.165, 1.54) is 35.6 Å². The first-order valence-corrected chi connectivity index (χ1v) is 10.9. The van der Waals surface area contributed by atoms with Crippen LogP contribution in [0.4, 0.5) is 4.39 Å². The minimum Gasteiger partial charge on any atom is -0.390 e. The molecule has 1 heterocycles. The standard InChI is InChI=1S/C26H27FN4O/c27-24-9-7-20(8-10-24)26(32)21-11-13-31(14-12-21)16-25(30-18-29-17-28)23-6-5-19-3-1-2-4-22(19)15-23/h1-10,15,17-18,21,25H,11-14,16H2,(H2,28,29,30). The molecule has 3 aromatic rings. The number of piperidine rings is 1. The van der Waals surface area contributed by atoms with Crippen LogP contribution in [0.1, 0.15) is 34.8 Å². The van der Waals surface area contributed by atoms with Crippen molar-refractivity contribution in [3.8, 4) is 0 Å². The van der Waals surface area contributed by atoms with E-state index in [9.17, 15) is 9.18 Å². The number of ketones is 1. The Morgan fingerprint density at radius 1 is 1.06 bits per heavy atom. The lowest BCUT2D eigenvalue weighted by Crippen LogP contribution is -2.38. The van der Waals surface area contributed by atoms with Crippen LogP contribution in [-0.2, 0) is 0 Å². The van der Waals surface area contributed by atoms with E-state index in [2.05, 4.69) is 45.2 Å². The molecule has 1 atom stereocenters. The Morgan fingerprint density at radius 2 is 1.78 bits per heavy atom. The van der Waals surface area contributed by atoms with Crippen LogP contribution in [0.15, 0.2) is 76.7 Å². The van der Waals surface area contributed by atoms with Crippen molar-refractivity contribution >= 4 is 29.2 Å². The molecular weight excluding hydrogens is 403 g/mol. The molecular formula is C26H27FN4O. The lowest BCUT2D eigenvalue weighted by Gasteiger charge is -2.33. The number of halogens is 1. The van der Waals surface area contributed by atoms with Crippen molar-refractivity contribution in [2.24, 2.45) is 21.6 Å². The molecule has 0 radical (unpaired) electrons. The Hall–Kier alpha value is -3.38. The third kappa shape index (κ3) is 5.26. The second-order valence-corrected chi connectivity index (χ2v) is 8.13. The molecule has 0 spiro atoms. The fourth-order valence-electron chi connectivity index (χ4n) is 4.28. The van der Waals surface area contributed by atoms with Gasteiger partial charge in [-0.25, -0.2) is 9.38 Å². The van der Waals surface area contributed by atoms with Crippen LogP contribution in [-0.4, -0.2) is 43.0 Å². The Bertz CT molecular complexity index is 1120. The van der Waals surface area contributed by atoms with E-state index >= 15 is 0 Å². The van der Waals surface area contributed by atoms with Crippen LogP contribution in [0.2, 0.25) is 0 Å². The quantitative estimate of drug-likeness (QED) is 0.337. The molecule has 1 saturated heterocycles. The van der Waals surface area contributed by atoms with Gasteiger partial charge in [0.1, 0.15) is 12.2 Å². The molecule has 1 unspecified atom stereocenters. The molecule has 6 heteroatoms. The predicted octanol–water partition coefficient (Wildman–Crippen LogP) is 4.63. The molecule has 1 fully saturated rings. The number of nitrogens with zero attached hydrogens (tertiary/aromatic N) is 3. The van der Waals surface area contributed by atoms with E-state index in [1.807, 2.05) is 12.1 Å². The smallest absolute Gasteiger partial charge is 0.166 e. The van der Waals surface area contributed by atoms with Crippen LogP contribution in [0.3, 0.4) is 0 Å². The lowest BCUT2D eigenvalue weighted by molar-refractivity contribution is 0.0836. The lowest BCUT2D eigenvalue weighted by atomic mass is 9.88. The molecule has 2 N–H and O–H groups in total. The van der Waals surface area contributed by atoms with Gasteiger partial charge in [0, 0.05) is 18.0 Å². The third-order valence-electron chi connectivity index (χ3n) is 6.08. The summed E-state index contributed by atoms with van der Waals surface area (Å²) in [6, 6.07) is 20.4. The number of hydrogen-bond donors (Lipinski definition) is 1. The zero-order chi connectivity index (χ0) is 22.3. The van der Waals surface area contributed by atoms with E-state index in [4.69, 9.17) is 5.73 Å². The summed E-state index contributed by atoms with van der Waals surface area (Å²) in [4.78, 5) is 23.7. The van der Waals surface area contributed by atoms with E-state index in [0.29, 0.717) is 5.56 Å². The predicted molar refractivity (Wildman–Crippen MR) is 128 cm³/mol. The molecule has 4 rings (SSSR count). The van der Waals surface area contributed by atoms with Gasteiger partial charge in [-0.2, -0.15) is 0 Å². The number of benzene rings is 3. The van der Waals surface area contributed by atoms with Crippen molar-refractivity contribution in [2.75, 3.05) is 19.6 Å². The van der Waals surface area contributed by atoms with E-state index in [-0.39, 0.29) is 23.6 Å². The van der Waals surface area contributed by atoms with Crippen molar-refractivity contribution in [3.63, 3.8) is 0 Å². The van der Waals surface area contributed by atoms with Crippen LogP contribution in [0, 0.1) is 11.7 Å². The molecule has 0 bridgehead atoms. The molecule has 0 aliphatic carbocycles. The highest BCUT2D eigenvalue weighted by atomic mass is 19.1. The number of likely N-dealkylation sites (tertiary alicyclic amines) is 1. The third-order valence-corrected chi connectivity index (χ3v) is 6.08. The summed E-state index contributed by atoms with van der Waals surface area (Å²) in [7, 11) is 0. The van der Waals surface area contributed by atoms with Gasteiger partial charge in [0.25, 0.3) is 0 Å². The molecule has 164 valence electrons. The molecule has 5 nitrogen and oxygen atoms in total. The van der Waals surface area contributed by atoms with Gasteiger partial charge in [-0.3, -0.25) is 9.79 Å². The van der Waals surface area contributed by atoms with Crippen LogP contribution in [0.25, 0.3) is 10.8 Å². The van der Waals surface area contributed by atoms with Crippen molar-refractivity contribution in [1.82, 2.24) is 4.90 Å². The van der Waals surface area contributed by atoms with Gasteiger partial charge in [-0.05, 0) is 72.6 Å². The van der Waals surface area contributed by atoms with Gasteiger partial charge in [0.2, 0.25) is 0 Å². The minimum absolute atomic E-state index is 0.0267. The Kier molecular flexibility index (Phi) is 7.02. The summed E-state index contributed by atoms with van der Waals surface area (Å²) < 4.78 is 13.2. The highest BCUT2D eigenvalue weighted by Crippen LogP contribution is 2.27. The van der Waals surface area contributed by atoms with Gasteiger partial charge in [0.05, 0.1) is 12.4 Å². The van der Waals surface area contributed by atoms with Crippen molar-refractivity contribution in [2.45, 2.75) is 18.9 Å². The minimum atomic E-state index is -0.323. The number of carbonyl (C=O) groups excluding carboxylic acids is 1. The molecule has 0 amide bonds. The number of fused-ring (bicyclic) bond motifs is 1. The number of nitrogens with two attached hydrogens (primary N) is 1. The normalized spacial score (nSPS) is 16.8. The summed E-state index contributed by atoms with van der Waals surface area (Å²) >= 11 is 0. The first-order chi connectivity index (χ1) is 15.6. The zero-order valence-electron chi connectivity index (χ0n) is 17.9. The summed E-state index contributed by atoms with van der Waals surface area (Å²) in [6.45, 7) is 2.38. The number of hydrogen-bond acceptors (Lipinski definition) is 3. The number of aliphatic imine (C=N–C) groups is 2. The fourth-order valence-corrected chi connectivity index (χ4v) is 4.28. The van der Waals surface area contributed by atoms with Crippen molar-refractivity contribution in [1.29, 1.82) is 0 Å². The van der Waals surface area contributed by atoms with Gasteiger partial charge >= 0.3 is 0 Å². The Balaban J connectivity index is 1.43. The maximum absolute atomic E-state index is 13.2. The number of Topliss-reactive ketones (excluding diaryl/α,β-unsaturated/α-hetero) is 1. The van der Waals surface area contributed by atoms with E-state index < -0.39 is 0 Å². The maximum atomic E-state index is 13.2. The van der Waals surface area contributed by atoms with Crippen LogP contribution >= 0.6 is 0 Å². The van der Waals surface area contributed by atoms with Crippen molar-refractivity contribution in [3.05, 3.63) is 83.7 Å². The number of carbonyl (C=O) groups is 1. The molecule has 32 heavy (non-hydrogen) atoms. The second kappa shape index (κ2) is 10.3. The molecule has 3 aromatic carbocycles. The largest absolute Gasteiger partial charge is 0.390 e. The Labute approximate surface area is 187 Å². The first kappa shape index (κ1) is 21.8. The molecule has 1 aliphatic rings. The van der Waals surface area contributed by atoms with Crippen LogP contribution < -0.4 is 5.73 Å². The summed E-state index contributed by atoms with van der Waals surface area (Å²) in [5, 5.41) is 2.37. The van der Waals surface area contributed by atoms with Gasteiger partial charge in [-0.15, -0.1) is 0 Å². The molecule has 1 aliphatic heterocycles. The Morgan fingerprint density at radius 3 is 2.50 bits per heavy atom. The fraction of sp³-hybridized carbons (Fsp3) is 0.269. The van der Waals surface area contributed by atoms with Gasteiger partial charge in [0.15, 0.2) is 5.78 Å². The maximum Gasteiger partial charge on any atom is 0.166 e. The van der Waals surface area contributed by atoms with E-state index in [0.717, 1.165) is 38.0 Å². The average Bonchev–Trinajstić information content (AvgIpc) is 2.84. The highest BCUT2D eigenvalue weighted by Gasteiger charge is 2.27. The monoisotopic (exact) mass is 430 g/mol. The first-order valence-electron chi connectivity index (χ1n) is 10.9. The van der Waals surface area contributed by atoms with Gasteiger partial charge in [-0.1, -0.05) is 36.4 Å². The van der Waals surface area contributed by atoms with Crippen LogP contribution in [0.5, 0.6) is 0 Å². The van der Waals surface area contributed by atoms with Crippen molar-refractivity contribution < 1.29 is 9.18 Å². The summed E-state index contributed by atoms with van der Waals surface area (Å²) in [5.41, 5.74) is 7.07. The van der Waals surface area contributed by atoms with E-state index in [1.54, 1.807) is 12.1 Å². The SMILES string of the molecule is NC=NC=NC(CN1CCC(C(=O)c2ccc(F)cc2)CC1)c1ccc2ccccc2c1. The molecule has 0 saturated carbocycles. The highest BCUT2D eigenvalue weighted by molar-refractivity contribution is 5.97. The second-order valence-electron chi connectivity index (χ2n) is 8.13. The zero-order valence-corrected chi connectivity index (χ0v) is 17.9. The number of rotatable bonds is 7. The van der Waals surface area contributed by atoms with Gasteiger partial charge < -0.3 is 10.6 Å². The summed E-state index contributed by atoms with van der Waals surface area (Å²) in [5.74, 6) is -0.247. The molecule has 0 aromatic heterocycles. The summed E-state index contributed by atoms with van der Waals surface area (Å²) in [6.07, 6.45) is 4.30. The topological polar surface area (TPSA) is 71.0 Å².